The highest BCUT2D eigenvalue weighted by atomic mass is 79.9. The van der Waals surface area contributed by atoms with E-state index in [9.17, 15) is 9.50 Å². The van der Waals surface area contributed by atoms with Crippen molar-refractivity contribution in [3.05, 3.63) is 97.7 Å². The molecule has 2 N–H and O–H groups in total. The fraction of sp³-hybridized carbons (Fsp3) is 0.208. The second-order valence-corrected chi connectivity index (χ2v) is 9.10. The molecule has 3 aromatic rings. The van der Waals surface area contributed by atoms with Crippen molar-refractivity contribution in [1.29, 1.82) is 0 Å². The summed E-state index contributed by atoms with van der Waals surface area (Å²) in [6, 6.07) is 18.6. The summed E-state index contributed by atoms with van der Waals surface area (Å²) < 4.78 is 15.1. The van der Waals surface area contributed by atoms with Crippen LogP contribution in [0.1, 0.15) is 47.8 Å². The maximum absolute atomic E-state index is 13.8. The number of hydrogen-bond acceptors (Lipinski definition) is 3. The summed E-state index contributed by atoms with van der Waals surface area (Å²) in [5.74, 6) is -0.0765. The van der Waals surface area contributed by atoms with Gasteiger partial charge in [0.1, 0.15) is 17.7 Å². The molecule has 2 atom stereocenters. The maximum Gasteiger partial charge on any atom is 0.137 e. The minimum atomic E-state index is -0.361. The van der Waals surface area contributed by atoms with Gasteiger partial charge in [-0.25, -0.2) is 4.39 Å². The Morgan fingerprint density at radius 2 is 1.83 bits per heavy atom. The number of benzene rings is 3. The fourth-order valence-electron chi connectivity index (χ4n) is 3.67. The number of aromatic hydroxyl groups is 1. The standard InChI is InChI=1S/C24H21Br2FN2O/c1-2-14-3-5-15(6-4-14)21-13-22(18-12-17(25)8-10-23(18)30)29-24(28-21)16-7-9-20(27)19(26)11-16/h3-12,22,24,29-30H,2,13H2,1H3. The largest absolute Gasteiger partial charge is 0.508 e. The molecule has 4 rings (SSSR count). The van der Waals surface area contributed by atoms with Crippen LogP contribution in [0, 0.1) is 5.82 Å². The molecule has 0 saturated heterocycles. The highest BCUT2D eigenvalue weighted by Crippen LogP contribution is 2.36. The second kappa shape index (κ2) is 9.00. The van der Waals surface area contributed by atoms with E-state index < -0.39 is 0 Å². The van der Waals surface area contributed by atoms with Crippen LogP contribution in [0.2, 0.25) is 0 Å². The van der Waals surface area contributed by atoms with Crippen LogP contribution in [0.5, 0.6) is 5.75 Å². The van der Waals surface area contributed by atoms with Crippen LogP contribution in [0.4, 0.5) is 4.39 Å². The van der Waals surface area contributed by atoms with Crippen molar-refractivity contribution >= 4 is 37.6 Å². The van der Waals surface area contributed by atoms with Crippen molar-refractivity contribution in [2.75, 3.05) is 0 Å². The molecular weight excluding hydrogens is 511 g/mol. The Morgan fingerprint density at radius 3 is 2.53 bits per heavy atom. The smallest absolute Gasteiger partial charge is 0.137 e. The zero-order chi connectivity index (χ0) is 21.3. The van der Waals surface area contributed by atoms with Gasteiger partial charge in [0.05, 0.1) is 4.47 Å². The molecule has 1 aliphatic heterocycles. The molecule has 0 aliphatic carbocycles. The van der Waals surface area contributed by atoms with Gasteiger partial charge in [-0.2, -0.15) is 0 Å². The van der Waals surface area contributed by atoms with E-state index in [1.807, 2.05) is 12.1 Å². The van der Waals surface area contributed by atoms with Gasteiger partial charge >= 0.3 is 0 Å². The molecule has 0 radical (unpaired) electrons. The van der Waals surface area contributed by atoms with E-state index in [0.29, 0.717) is 10.9 Å². The van der Waals surface area contributed by atoms with Gasteiger partial charge in [-0.05, 0) is 69.4 Å². The van der Waals surface area contributed by atoms with Crippen molar-refractivity contribution < 1.29 is 9.50 Å². The number of rotatable bonds is 4. The first kappa shape index (κ1) is 21.2. The first-order chi connectivity index (χ1) is 14.4. The van der Waals surface area contributed by atoms with E-state index >= 15 is 0 Å². The minimum absolute atomic E-state index is 0.144. The Labute approximate surface area is 192 Å². The molecule has 6 heteroatoms. The summed E-state index contributed by atoms with van der Waals surface area (Å²) in [5, 5.41) is 14.0. The average molecular weight is 532 g/mol. The Bertz CT molecular complexity index is 1100. The molecule has 0 fully saturated rings. The van der Waals surface area contributed by atoms with Gasteiger partial charge in [0, 0.05) is 28.2 Å². The van der Waals surface area contributed by atoms with Crippen molar-refractivity contribution in [2.24, 2.45) is 4.99 Å². The number of phenols is 1. The second-order valence-electron chi connectivity index (χ2n) is 7.33. The Morgan fingerprint density at radius 1 is 1.07 bits per heavy atom. The van der Waals surface area contributed by atoms with Gasteiger partial charge in [-0.1, -0.05) is 53.2 Å². The lowest BCUT2D eigenvalue weighted by Crippen LogP contribution is -2.33. The highest BCUT2D eigenvalue weighted by molar-refractivity contribution is 9.10. The molecule has 1 aliphatic rings. The van der Waals surface area contributed by atoms with E-state index in [1.54, 1.807) is 18.2 Å². The van der Waals surface area contributed by atoms with Crippen LogP contribution in [-0.4, -0.2) is 10.8 Å². The molecule has 1 heterocycles. The van der Waals surface area contributed by atoms with Crippen molar-refractivity contribution in [3.8, 4) is 5.75 Å². The number of nitrogens with one attached hydrogen (secondary N) is 1. The van der Waals surface area contributed by atoms with Crippen LogP contribution in [-0.2, 0) is 6.42 Å². The van der Waals surface area contributed by atoms with Crippen LogP contribution in [0.15, 0.2) is 74.6 Å². The van der Waals surface area contributed by atoms with Gasteiger partial charge < -0.3 is 5.11 Å². The maximum atomic E-state index is 13.8. The fourth-order valence-corrected chi connectivity index (χ4v) is 4.45. The summed E-state index contributed by atoms with van der Waals surface area (Å²) >= 11 is 6.77. The van der Waals surface area contributed by atoms with Crippen LogP contribution >= 0.6 is 31.9 Å². The van der Waals surface area contributed by atoms with E-state index in [1.165, 1.54) is 11.6 Å². The number of hydrogen-bond donors (Lipinski definition) is 2. The molecule has 0 saturated carbocycles. The number of nitrogens with zero attached hydrogens (tertiary/aromatic N) is 1. The molecule has 0 spiro atoms. The lowest BCUT2D eigenvalue weighted by Gasteiger charge is -2.31. The molecule has 3 aromatic carbocycles. The Hall–Kier alpha value is -2.02. The summed E-state index contributed by atoms with van der Waals surface area (Å²) in [5.41, 5.74) is 4.93. The predicted octanol–water partition coefficient (Wildman–Crippen LogP) is 6.84. The normalized spacial score (nSPS) is 18.9. The summed E-state index contributed by atoms with van der Waals surface area (Å²) in [6.07, 6.45) is 1.25. The SMILES string of the molecule is CCc1ccc(C2=NC(c3ccc(F)c(Br)c3)NC(c3cc(Br)ccc3O)C2)cc1. The van der Waals surface area contributed by atoms with Gasteiger partial charge in [0.15, 0.2) is 0 Å². The molecule has 0 aromatic heterocycles. The number of phenolic OH excluding ortho intramolecular Hbond substituents is 1. The average Bonchev–Trinajstić information content (AvgIpc) is 2.77. The van der Waals surface area contributed by atoms with Crippen LogP contribution in [0.3, 0.4) is 0 Å². The van der Waals surface area contributed by atoms with E-state index in [4.69, 9.17) is 4.99 Å². The quantitative estimate of drug-likeness (QED) is 0.387. The molecule has 0 amide bonds. The lowest BCUT2D eigenvalue weighted by atomic mass is 9.93. The number of halogens is 3. The van der Waals surface area contributed by atoms with Gasteiger partial charge in [-0.15, -0.1) is 0 Å². The van der Waals surface area contributed by atoms with E-state index in [-0.39, 0.29) is 23.8 Å². The third-order valence-electron chi connectivity index (χ3n) is 5.36. The molecule has 3 nitrogen and oxygen atoms in total. The third-order valence-corrected chi connectivity index (χ3v) is 6.46. The van der Waals surface area contributed by atoms with Crippen molar-refractivity contribution in [3.63, 3.8) is 0 Å². The van der Waals surface area contributed by atoms with Gasteiger partial charge in [-0.3, -0.25) is 10.3 Å². The first-order valence-electron chi connectivity index (χ1n) is 9.80. The summed E-state index contributed by atoms with van der Waals surface area (Å²) in [4.78, 5) is 4.95. The van der Waals surface area contributed by atoms with E-state index in [0.717, 1.165) is 33.3 Å². The number of aryl methyl sites for hydroxylation is 1. The summed E-state index contributed by atoms with van der Waals surface area (Å²) in [6.45, 7) is 2.13. The van der Waals surface area contributed by atoms with E-state index in [2.05, 4.69) is 68.4 Å². The summed E-state index contributed by atoms with van der Waals surface area (Å²) in [7, 11) is 0. The topological polar surface area (TPSA) is 44.6 Å². The molecule has 30 heavy (non-hydrogen) atoms. The molecule has 2 unspecified atom stereocenters. The molecule has 0 bridgehead atoms. The van der Waals surface area contributed by atoms with Gasteiger partial charge in [0.2, 0.25) is 0 Å². The zero-order valence-electron chi connectivity index (χ0n) is 16.4. The monoisotopic (exact) mass is 530 g/mol. The Kier molecular flexibility index (Phi) is 6.37. The molecular formula is C24H21Br2FN2O. The van der Waals surface area contributed by atoms with Crippen LogP contribution in [0.25, 0.3) is 0 Å². The predicted molar refractivity (Wildman–Crippen MR) is 125 cm³/mol. The molecule has 154 valence electrons. The first-order valence-corrected chi connectivity index (χ1v) is 11.4. The van der Waals surface area contributed by atoms with Gasteiger partial charge in [0.25, 0.3) is 0 Å². The lowest BCUT2D eigenvalue weighted by molar-refractivity contribution is 0.412. The Balaban J connectivity index is 1.77. The minimum Gasteiger partial charge on any atom is -0.508 e. The third kappa shape index (κ3) is 4.51. The zero-order valence-corrected chi connectivity index (χ0v) is 19.5. The highest BCUT2D eigenvalue weighted by Gasteiger charge is 2.28. The van der Waals surface area contributed by atoms with Crippen molar-refractivity contribution in [2.45, 2.75) is 32.0 Å². The number of aliphatic imine (C=N–C) groups is 1. The van der Waals surface area contributed by atoms with Crippen LogP contribution < -0.4 is 5.32 Å². The van der Waals surface area contributed by atoms with Crippen molar-refractivity contribution in [1.82, 2.24) is 5.32 Å².